The Hall–Kier alpha value is -3.52. The van der Waals surface area contributed by atoms with Gasteiger partial charge in [-0.3, -0.25) is 9.59 Å². The van der Waals surface area contributed by atoms with Crippen molar-refractivity contribution in [3.8, 4) is 11.5 Å². The van der Waals surface area contributed by atoms with Crippen LogP contribution in [0.2, 0.25) is 0 Å². The van der Waals surface area contributed by atoms with Gasteiger partial charge < -0.3 is 29.0 Å². The zero-order valence-corrected chi connectivity index (χ0v) is 18.8. The first kappa shape index (κ1) is 22.7. The molecule has 0 radical (unpaired) electrons. The number of aryl methyl sites for hydroxylation is 1. The van der Waals surface area contributed by atoms with Gasteiger partial charge in [-0.25, -0.2) is 0 Å². The van der Waals surface area contributed by atoms with Crippen LogP contribution in [-0.4, -0.2) is 67.8 Å². The molecule has 0 aliphatic carbocycles. The zero-order chi connectivity index (χ0) is 23.0. The van der Waals surface area contributed by atoms with Crippen molar-refractivity contribution in [2.45, 2.75) is 13.0 Å². The van der Waals surface area contributed by atoms with Gasteiger partial charge in [0.1, 0.15) is 0 Å². The number of hydrogen-bond acceptors (Lipinski definition) is 5. The summed E-state index contributed by atoms with van der Waals surface area (Å²) in [6.45, 7) is 3.51. The molecule has 1 aliphatic heterocycles. The summed E-state index contributed by atoms with van der Waals surface area (Å²) in [4.78, 5) is 26.6. The summed E-state index contributed by atoms with van der Waals surface area (Å²) in [6.07, 6.45) is 2.88. The van der Waals surface area contributed by atoms with Crippen LogP contribution in [0.5, 0.6) is 11.5 Å². The Bertz CT molecular complexity index is 1100. The Labute approximate surface area is 193 Å². The third-order valence-corrected chi connectivity index (χ3v) is 5.68. The molecule has 2 amide bonds. The number of rotatable bonds is 9. The molecule has 174 valence electrons. The molecule has 0 bridgehead atoms. The molecule has 1 N–H and O–H groups in total. The van der Waals surface area contributed by atoms with Gasteiger partial charge in [0.2, 0.25) is 0 Å². The van der Waals surface area contributed by atoms with Crippen molar-refractivity contribution in [1.29, 1.82) is 0 Å². The summed E-state index contributed by atoms with van der Waals surface area (Å²) in [6, 6.07) is 15.3. The predicted octanol–water partition coefficient (Wildman–Crippen LogP) is 2.71. The first-order valence-corrected chi connectivity index (χ1v) is 11.1. The standard InChI is InChI=1S/C25H29N3O5/c1-31-23-17-20(7-8-22(23)33-18-24(29)28-13-15-32-16-14-28)25(30)26-10-4-11-27-12-9-19-5-2-3-6-21(19)27/h2-3,5-9,12,17H,4,10-11,13-16,18H2,1H3,(H,26,30). The zero-order valence-electron chi connectivity index (χ0n) is 18.8. The van der Waals surface area contributed by atoms with E-state index in [0.717, 1.165) is 13.0 Å². The second kappa shape index (κ2) is 10.9. The van der Waals surface area contributed by atoms with Gasteiger partial charge in [0.05, 0.1) is 20.3 Å². The molecule has 3 aromatic rings. The van der Waals surface area contributed by atoms with E-state index in [9.17, 15) is 9.59 Å². The third kappa shape index (κ3) is 5.64. The molecule has 0 saturated carbocycles. The van der Waals surface area contributed by atoms with Crippen LogP contribution in [0.1, 0.15) is 16.8 Å². The first-order chi connectivity index (χ1) is 16.2. The fraction of sp³-hybridized carbons (Fsp3) is 0.360. The van der Waals surface area contributed by atoms with Crippen molar-refractivity contribution in [3.63, 3.8) is 0 Å². The molecule has 0 spiro atoms. The van der Waals surface area contributed by atoms with Crippen LogP contribution >= 0.6 is 0 Å². The lowest BCUT2D eigenvalue weighted by Gasteiger charge is -2.26. The topological polar surface area (TPSA) is 82.0 Å². The molecule has 1 aliphatic rings. The van der Waals surface area contributed by atoms with Gasteiger partial charge in [-0.05, 0) is 42.1 Å². The number of methoxy groups -OCH3 is 1. The van der Waals surface area contributed by atoms with Gasteiger partial charge in [0.15, 0.2) is 18.1 Å². The minimum Gasteiger partial charge on any atom is -0.493 e. The van der Waals surface area contributed by atoms with Crippen molar-refractivity contribution in [2.75, 3.05) is 46.6 Å². The number of benzene rings is 2. The Balaban J connectivity index is 1.27. The summed E-state index contributed by atoms with van der Waals surface area (Å²) in [7, 11) is 1.51. The van der Waals surface area contributed by atoms with Crippen LogP contribution in [0, 0.1) is 0 Å². The van der Waals surface area contributed by atoms with E-state index in [1.165, 1.54) is 18.0 Å². The maximum Gasteiger partial charge on any atom is 0.260 e. The second-order valence-corrected chi connectivity index (χ2v) is 7.82. The molecule has 1 aromatic heterocycles. The highest BCUT2D eigenvalue weighted by atomic mass is 16.5. The monoisotopic (exact) mass is 451 g/mol. The lowest BCUT2D eigenvalue weighted by atomic mass is 10.2. The van der Waals surface area contributed by atoms with E-state index in [4.69, 9.17) is 14.2 Å². The number of nitrogens with one attached hydrogen (secondary N) is 1. The molecule has 2 heterocycles. The average Bonchev–Trinajstić information content (AvgIpc) is 3.28. The van der Waals surface area contributed by atoms with Crippen LogP contribution in [0.4, 0.5) is 0 Å². The number of carbonyl (C=O) groups excluding carboxylic acids is 2. The normalized spacial score (nSPS) is 13.7. The highest BCUT2D eigenvalue weighted by Crippen LogP contribution is 2.28. The molecule has 1 saturated heterocycles. The Morgan fingerprint density at radius 2 is 1.88 bits per heavy atom. The van der Waals surface area contributed by atoms with E-state index in [-0.39, 0.29) is 18.4 Å². The largest absolute Gasteiger partial charge is 0.493 e. The summed E-state index contributed by atoms with van der Waals surface area (Å²) in [5, 5.41) is 4.16. The number of fused-ring (bicyclic) bond motifs is 1. The second-order valence-electron chi connectivity index (χ2n) is 7.82. The summed E-state index contributed by atoms with van der Waals surface area (Å²) >= 11 is 0. The van der Waals surface area contributed by atoms with E-state index < -0.39 is 0 Å². The number of hydrogen-bond donors (Lipinski definition) is 1. The number of aromatic nitrogens is 1. The lowest BCUT2D eigenvalue weighted by Crippen LogP contribution is -2.43. The molecule has 8 nitrogen and oxygen atoms in total. The van der Waals surface area contributed by atoms with Crippen molar-refractivity contribution in [3.05, 3.63) is 60.3 Å². The van der Waals surface area contributed by atoms with Crippen LogP contribution in [0.25, 0.3) is 10.9 Å². The number of morpholine rings is 1. The predicted molar refractivity (Wildman–Crippen MR) is 125 cm³/mol. The van der Waals surface area contributed by atoms with Gasteiger partial charge >= 0.3 is 0 Å². The van der Waals surface area contributed by atoms with Crippen molar-refractivity contribution >= 4 is 22.7 Å². The van der Waals surface area contributed by atoms with Crippen molar-refractivity contribution in [2.24, 2.45) is 0 Å². The minimum atomic E-state index is -0.179. The van der Waals surface area contributed by atoms with Crippen molar-refractivity contribution < 1.29 is 23.8 Å². The molecular weight excluding hydrogens is 422 g/mol. The van der Waals surface area contributed by atoms with Gasteiger partial charge in [-0.2, -0.15) is 0 Å². The molecular formula is C25H29N3O5. The maximum absolute atomic E-state index is 12.6. The Morgan fingerprint density at radius 3 is 2.70 bits per heavy atom. The average molecular weight is 452 g/mol. The Kier molecular flexibility index (Phi) is 7.47. The molecule has 4 rings (SSSR count). The summed E-state index contributed by atoms with van der Waals surface area (Å²) < 4.78 is 18.5. The van der Waals surface area contributed by atoms with E-state index >= 15 is 0 Å². The van der Waals surface area contributed by atoms with Gasteiger partial charge in [-0.15, -0.1) is 0 Å². The molecule has 33 heavy (non-hydrogen) atoms. The van der Waals surface area contributed by atoms with Gasteiger partial charge in [0, 0.05) is 43.5 Å². The van der Waals surface area contributed by atoms with Gasteiger partial charge in [-0.1, -0.05) is 18.2 Å². The molecule has 0 unspecified atom stereocenters. The maximum atomic E-state index is 12.6. The minimum absolute atomic E-state index is 0.0873. The quantitative estimate of drug-likeness (QED) is 0.506. The van der Waals surface area contributed by atoms with E-state index in [0.29, 0.717) is 49.9 Å². The van der Waals surface area contributed by atoms with E-state index in [1.54, 1.807) is 23.1 Å². The summed E-state index contributed by atoms with van der Waals surface area (Å²) in [5.41, 5.74) is 1.67. The van der Waals surface area contributed by atoms with Crippen LogP contribution in [0.3, 0.4) is 0 Å². The molecule has 1 fully saturated rings. The lowest BCUT2D eigenvalue weighted by molar-refractivity contribution is -0.137. The van der Waals surface area contributed by atoms with Gasteiger partial charge in [0.25, 0.3) is 11.8 Å². The van der Waals surface area contributed by atoms with Crippen LogP contribution in [-0.2, 0) is 16.1 Å². The highest BCUT2D eigenvalue weighted by Gasteiger charge is 2.18. The SMILES string of the molecule is COc1cc(C(=O)NCCCn2ccc3ccccc32)ccc1OCC(=O)N1CCOCC1. The summed E-state index contributed by atoms with van der Waals surface area (Å²) in [5.74, 6) is 0.561. The third-order valence-electron chi connectivity index (χ3n) is 5.68. The van der Waals surface area contributed by atoms with Crippen LogP contribution < -0.4 is 14.8 Å². The number of nitrogens with zero attached hydrogens (tertiary/aromatic N) is 2. The number of carbonyl (C=O) groups is 2. The first-order valence-electron chi connectivity index (χ1n) is 11.1. The molecule has 0 atom stereocenters. The van der Waals surface area contributed by atoms with E-state index in [2.05, 4.69) is 34.3 Å². The fourth-order valence-electron chi connectivity index (χ4n) is 3.86. The number of para-hydroxylation sites is 1. The van der Waals surface area contributed by atoms with E-state index in [1.807, 2.05) is 12.1 Å². The molecule has 8 heteroatoms. The van der Waals surface area contributed by atoms with Crippen LogP contribution in [0.15, 0.2) is 54.7 Å². The number of amides is 2. The smallest absolute Gasteiger partial charge is 0.260 e. The van der Waals surface area contributed by atoms with Crippen molar-refractivity contribution in [1.82, 2.24) is 14.8 Å². The fourth-order valence-corrected chi connectivity index (χ4v) is 3.86. The Morgan fingerprint density at radius 1 is 1.06 bits per heavy atom. The highest BCUT2D eigenvalue weighted by molar-refractivity contribution is 5.94. The molecule has 2 aromatic carbocycles. The number of ether oxygens (including phenoxy) is 3.